The molecule has 5 rings (SSSR count). The number of allylic oxidation sites excluding steroid dienone is 2. The molecule has 0 amide bonds. The highest BCUT2D eigenvalue weighted by atomic mass is 32.2. The zero-order valence-electron chi connectivity index (χ0n) is 13.2. The van der Waals surface area contributed by atoms with E-state index in [4.69, 9.17) is 4.42 Å². The third-order valence-corrected chi connectivity index (χ3v) is 6.02. The molecule has 0 fully saturated rings. The normalized spacial score (nSPS) is 17.0. The zero-order valence-corrected chi connectivity index (χ0v) is 14.0. The van der Waals surface area contributed by atoms with Gasteiger partial charge in [0.15, 0.2) is 0 Å². The Kier molecular flexibility index (Phi) is 2.92. The Bertz CT molecular complexity index is 1150. The van der Waals surface area contributed by atoms with Crippen LogP contribution in [0.2, 0.25) is 0 Å². The topological polar surface area (TPSA) is 13.1 Å². The molecule has 0 saturated heterocycles. The highest BCUT2D eigenvalue weighted by Gasteiger charge is 2.27. The van der Waals surface area contributed by atoms with Gasteiger partial charge in [0.2, 0.25) is 0 Å². The predicted molar refractivity (Wildman–Crippen MR) is 104 cm³/mol. The second-order valence-electron chi connectivity index (χ2n) is 6.30. The molecule has 2 heteroatoms. The lowest BCUT2D eigenvalue weighted by Gasteiger charge is -2.10. The van der Waals surface area contributed by atoms with Gasteiger partial charge in [0, 0.05) is 27.0 Å². The zero-order chi connectivity index (χ0) is 16.3. The molecular weight excluding hydrogens is 312 g/mol. The second-order valence-corrected chi connectivity index (χ2v) is 7.47. The first-order chi connectivity index (χ1) is 11.8. The van der Waals surface area contributed by atoms with E-state index in [2.05, 4.69) is 49.6 Å². The van der Waals surface area contributed by atoms with E-state index >= 15 is 0 Å². The lowest BCUT2D eigenvalue weighted by atomic mass is 9.93. The maximum atomic E-state index is 6.20. The molecule has 0 aliphatic carbocycles. The van der Waals surface area contributed by atoms with Crippen molar-refractivity contribution in [3.63, 3.8) is 0 Å². The van der Waals surface area contributed by atoms with Crippen molar-refractivity contribution >= 4 is 44.5 Å². The van der Waals surface area contributed by atoms with Gasteiger partial charge >= 0.3 is 0 Å². The van der Waals surface area contributed by atoms with Gasteiger partial charge in [-0.05, 0) is 46.5 Å². The summed E-state index contributed by atoms with van der Waals surface area (Å²) in [6, 6.07) is 17.2. The van der Waals surface area contributed by atoms with Crippen LogP contribution in [-0.2, 0) is 0 Å². The average Bonchev–Trinajstić information content (AvgIpc) is 3.11. The molecule has 1 aromatic heterocycles. The summed E-state index contributed by atoms with van der Waals surface area (Å²) in [6.45, 7) is 8.15. The minimum atomic E-state index is 0.353. The third kappa shape index (κ3) is 1.83. The van der Waals surface area contributed by atoms with Crippen LogP contribution in [0, 0.1) is 0 Å². The Morgan fingerprint density at radius 1 is 1.04 bits per heavy atom. The van der Waals surface area contributed by atoms with E-state index in [9.17, 15) is 0 Å². The molecule has 116 valence electrons. The highest BCUT2D eigenvalue weighted by Crippen LogP contribution is 2.51. The van der Waals surface area contributed by atoms with E-state index in [1.54, 1.807) is 11.8 Å². The van der Waals surface area contributed by atoms with Crippen LogP contribution in [-0.4, -0.2) is 0 Å². The smallest absolute Gasteiger partial charge is 0.143 e. The number of hydrogen-bond donors (Lipinski definition) is 0. The first-order valence-corrected chi connectivity index (χ1v) is 8.93. The standard InChI is InChI=1S/C22H16OS/c1-3-6-15-13(2)24-21-11-14-9-10-17-16-7-4-5-8-20(16)23-22(17)18(14)12-19(15)21/h3-5,7-12,15H,1-2,6H2. The van der Waals surface area contributed by atoms with Gasteiger partial charge in [-0.15, -0.1) is 6.58 Å². The SMILES string of the molecule is C=CCC1C(=C)Sc2cc3ccc4c5ccccc5oc4c3cc21. The molecule has 3 aromatic carbocycles. The quantitative estimate of drug-likeness (QED) is 0.367. The maximum absolute atomic E-state index is 6.20. The van der Waals surface area contributed by atoms with Crippen molar-refractivity contribution in [2.75, 3.05) is 0 Å². The minimum absolute atomic E-state index is 0.353. The van der Waals surface area contributed by atoms with Crippen LogP contribution in [0.4, 0.5) is 0 Å². The monoisotopic (exact) mass is 328 g/mol. The first-order valence-electron chi connectivity index (χ1n) is 8.11. The van der Waals surface area contributed by atoms with Gasteiger partial charge in [-0.1, -0.05) is 48.7 Å². The van der Waals surface area contributed by atoms with Crippen molar-refractivity contribution in [2.24, 2.45) is 0 Å². The van der Waals surface area contributed by atoms with Crippen molar-refractivity contribution < 1.29 is 4.42 Å². The fraction of sp³-hybridized carbons (Fsp3) is 0.0909. The number of fused-ring (bicyclic) bond motifs is 6. The van der Waals surface area contributed by atoms with Crippen molar-refractivity contribution in [2.45, 2.75) is 17.2 Å². The molecule has 24 heavy (non-hydrogen) atoms. The summed E-state index contributed by atoms with van der Waals surface area (Å²) in [7, 11) is 0. The van der Waals surface area contributed by atoms with Crippen molar-refractivity contribution in [1.29, 1.82) is 0 Å². The van der Waals surface area contributed by atoms with Gasteiger partial charge in [-0.25, -0.2) is 0 Å². The van der Waals surface area contributed by atoms with Gasteiger partial charge in [0.1, 0.15) is 11.2 Å². The Labute approximate surface area is 144 Å². The molecule has 1 atom stereocenters. The average molecular weight is 328 g/mol. The van der Waals surface area contributed by atoms with E-state index in [1.807, 2.05) is 18.2 Å². The molecule has 0 bridgehead atoms. The van der Waals surface area contributed by atoms with E-state index in [0.29, 0.717) is 5.92 Å². The number of furan rings is 1. The van der Waals surface area contributed by atoms with Crippen molar-refractivity contribution in [3.8, 4) is 0 Å². The fourth-order valence-electron chi connectivity index (χ4n) is 3.72. The van der Waals surface area contributed by atoms with Crippen LogP contribution in [0.25, 0.3) is 32.7 Å². The highest BCUT2D eigenvalue weighted by molar-refractivity contribution is 8.03. The number of benzene rings is 3. The van der Waals surface area contributed by atoms with E-state index in [1.165, 1.54) is 36.9 Å². The maximum Gasteiger partial charge on any atom is 0.143 e. The van der Waals surface area contributed by atoms with Crippen LogP contribution in [0.3, 0.4) is 0 Å². The fourth-order valence-corrected chi connectivity index (χ4v) is 4.88. The molecule has 1 aliphatic heterocycles. The number of rotatable bonds is 2. The Morgan fingerprint density at radius 3 is 2.79 bits per heavy atom. The van der Waals surface area contributed by atoms with Crippen molar-refractivity contribution in [3.05, 3.63) is 78.2 Å². The van der Waals surface area contributed by atoms with E-state index in [0.717, 1.165) is 17.6 Å². The Balaban J connectivity index is 1.86. The molecule has 4 aromatic rings. The van der Waals surface area contributed by atoms with E-state index in [-0.39, 0.29) is 0 Å². The van der Waals surface area contributed by atoms with Crippen LogP contribution in [0.5, 0.6) is 0 Å². The number of para-hydroxylation sites is 1. The molecule has 1 unspecified atom stereocenters. The van der Waals surface area contributed by atoms with E-state index < -0.39 is 0 Å². The van der Waals surface area contributed by atoms with Crippen LogP contribution < -0.4 is 0 Å². The summed E-state index contributed by atoms with van der Waals surface area (Å²) < 4.78 is 6.20. The molecular formula is C22H16OS. The van der Waals surface area contributed by atoms with Crippen LogP contribution >= 0.6 is 11.8 Å². The Morgan fingerprint density at radius 2 is 1.92 bits per heavy atom. The molecule has 0 spiro atoms. The minimum Gasteiger partial charge on any atom is -0.455 e. The summed E-state index contributed by atoms with van der Waals surface area (Å²) in [6.07, 6.45) is 2.91. The van der Waals surface area contributed by atoms with Gasteiger partial charge in [0.05, 0.1) is 0 Å². The van der Waals surface area contributed by atoms with Gasteiger partial charge in [0.25, 0.3) is 0 Å². The van der Waals surface area contributed by atoms with Gasteiger partial charge in [-0.3, -0.25) is 0 Å². The molecule has 1 aliphatic rings. The number of hydrogen-bond acceptors (Lipinski definition) is 2. The van der Waals surface area contributed by atoms with Gasteiger partial charge < -0.3 is 4.42 Å². The summed E-state index contributed by atoms with van der Waals surface area (Å²) in [5, 5.41) is 4.77. The van der Waals surface area contributed by atoms with Crippen LogP contribution in [0.15, 0.2) is 82.0 Å². The summed E-state index contributed by atoms with van der Waals surface area (Å²) in [4.78, 5) is 2.52. The molecule has 0 radical (unpaired) electrons. The predicted octanol–water partition coefficient (Wildman–Crippen LogP) is 7.02. The largest absolute Gasteiger partial charge is 0.455 e. The second kappa shape index (κ2) is 5.02. The van der Waals surface area contributed by atoms with Gasteiger partial charge in [-0.2, -0.15) is 0 Å². The Hall–Kier alpha value is -2.45. The molecule has 2 heterocycles. The number of thioether (sulfide) groups is 1. The van der Waals surface area contributed by atoms with Crippen LogP contribution in [0.1, 0.15) is 17.9 Å². The molecule has 0 saturated carbocycles. The molecule has 0 N–H and O–H groups in total. The molecule has 1 nitrogen and oxygen atoms in total. The lowest BCUT2D eigenvalue weighted by Crippen LogP contribution is -1.93. The first kappa shape index (κ1) is 13.9. The summed E-state index contributed by atoms with van der Waals surface area (Å²) in [5.74, 6) is 0.353. The van der Waals surface area contributed by atoms with Crippen molar-refractivity contribution in [1.82, 2.24) is 0 Å². The summed E-state index contributed by atoms with van der Waals surface area (Å²) in [5.41, 5.74) is 3.28. The summed E-state index contributed by atoms with van der Waals surface area (Å²) >= 11 is 1.79. The lowest BCUT2D eigenvalue weighted by molar-refractivity contribution is 0.672. The third-order valence-electron chi connectivity index (χ3n) is 4.90.